The zero-order valence-corrected chi connectivity index (χ0v) is 12.8. The molecule has 0 unspecified atom stereocenters. The zero-order valence-electron chi connectivity index (χ0n) is 11.9. The standard InChI is InChI=1S/C17H20N2S/c1-3-13-8-10-15(11-9-13)18-17(20)19-16-7-5-6-14(4-2)12-16/h5-12H,3-4H2,1-2H3,(H2,18,19,20). The van der Waals surface area contributed by atoms with Gasteiger partial charge in [-0.3, -0.25) is 0 Å². The van der Waals surface area contributed by atoms with Gasteiger partial charge in [-0.2, -0.15) is 0 Å². The minimum absolute atomic E-state index is 0.613. The molecule has 0 heterocycles. The maximum absolute atomic E-state index is 5.34. The minimum Gasteiger partial charge on any atom is -0.332 e. The average Bonchev–Trinajstić information content (AvgIpc) is 2.48. The van der Waals surface area contributed by atoms with Gasteiger partial charge in [0, 0.05) is 11.4 Å². The van der Waals surface area contributed by atoms with E-state index in [2.05, 4.69) is 60.9 Å². The summed E-state index contributed by atoms with van der Waals surface area (Å²) in [6.07, 6.45) is 2.07. The Morgan fingerprint density at radius 2 is 1.50 bits per heavy atom. The van der Waals surface area contributed by atoms with Crippen molar-refractivity contribution in [2.45, 2.75) is 26.7 Å². The van der Waals surface area contributed by atoms with Gasteiger partial charge in [-0.1, -0.05) is 38.1 Å². The van der Waals surface area contributed by atoms with Crippen LogP contribution in [0.3, 0.4) is 0 Å². The van der Waals surface area contributed by atoms with Crippen molar-refractivity contribution in [3.05, 3.63) is 59.7 Å². The highest BCUT2D eigenvalue weighted by atomic mass is 32.1. The number of benzene rings is 2. The number of thiocarbonyl (C=S) groups is 1. The molecule has 2 N–H and O–H groups in total. The molecule has 20 heavy (non-hydrogen) atoms. The van der Waals surface area contributed by atoms with Crippen LogP contribution in [-0.2, 0) is 12.8 Å². The van der Waals surface area contributed by atoms with E-state index < -0.39 is 0 Å². The van der Waals surface area contributed by atoms with Crippen molar-refractivity contribution in [3.63, 3.8) is 0 Å². The van der Waals surface area contributed by atoms with Crippen molar-refractivity contribution >= 4 is 28.7 Å². The molecular weight excluding hydrogens is 264 g/mol. The van der Waals surface area contributed by atoms with Gasteiger partial charge < -0.3 is 10.6 Å². The van der Waals surface area contributed by atoms with Gasteiger partial charge in [0.05, 0.1) is 0 Å². The van der Waals surface area contributed by atoms with Crippen LogP contribution < -0.4 is 10.6 Å². The molecule has 0 amide bonds. The predicted octanol–water partition coefficient (Wildman–Crippen LogP) is 4.62. The molecule has 0 atom stereocenters. The third-order valence-corrected chi connectivity index (χ3v) is 3.42. The third-order valence-electron chi connectivity index (χ3n) is 3.21. The second kappa shape index (κ2) is 7.06. The molecule has 0 aliphatic rings. The molecule has 0 fully saturated rings. The van der Waals surface area contributed by atoms with E-state index >= 15 is 0 Å². The van der Waals surface area contributed by atoms with Gasteiger partial charge >= 0.3 is 0 Å². The lowest BCUT2D eigenvalue weighted by Crippen LogP contribution is -2.19. The number of nitrogens with one attached hydrogen (secondary N) is 2. The van der Waals surface area contributed by atoms with Gasteiger partial charge in [0.25, 0.3) is 0 Å². The topological polar surface area (TPSA) is 24.1 Å². The Hall–Kier alpha value is -1.87. The molecule has 0 bridgehead atoms. The minimum atomic E-state index is 0.613. The van der Waals surface area contributed by atoms with Crippen molar-refractivity contribution in [1.29, 1.82) is 0 Å². The number of hydrogen-bond acceptors (Lipinski definition) is 1. The smallest absolute Gasteiger partial charge is 0.175 e. The largest absolute Gasteiger partial charge is 0.332 e. The third kappa shape index (κ3) is 4.07. The fraction of sp³-hybridized carbons (Fsp3) is 0.235. The lowest BCUT2D eigenvalue weighted by atomic mass is 10.1. The molecule has 3 heteroatoms. The van der Waals surface area contributed by atoms with E-state index in [9.17, 15) is 0 Å². The number of anilines is 2. The summed E-state index contributed by atoms with van der Waals surface area (Å²) in [4.78, 5) is 0. The molecule has 0 aliphatic heterocycles. The van der Waals surface area contributed by atoms with Gasteiger partial charge in [-0.15, -0.1) is 0 Å². The summed E-state index contributed by atoms with van der Waals surface area (Å²) in [7, 11) is 0. The first-order valence-corrected chi connectivity index (χ1v) is 7.38. The first-order chi connectivity index (χ1) is 9.71. The molecular formula is C17H20N2S. The lowest BCUT2D eigenvalue weighted by molar-refractivity contribution is 1.14. The SMILES string of the molecule is CCc1ccc(NC(=S)Nc2cccc(CC)c2)cc1. The maximum Gasteiger partial charge on any atom is 0.175 e. The van der Waals surface area contributed by atoms with E-state index in [0.29, 0.717) is 5.11 Å². The average molecular weight is 284 g/mol. The van der Waals surface area contributed by atoms with Crippen LogP contribution in [-0.4, -0.2) is 5.11 Å². The van der Waals surface area contributed by atoms with Crippen LogP contribution in [0, 0.1) is 0 Å². The number of rotatable bonds is 4. The van der Waals surface area contributed by atoms with Crippen LogP contribution in [0.2, 0.25) is 0 Å². The Morgan fingerprint density at radius 1 is 0.850 bits per heavy atom. The van der Waals surface area contributed by atoms with Crippen LogP contribution in [0.1, 0.15) is 25.0 Å². The summed E-state index contributed by atoms with van der Waals surface area (Å²) in [5.74, 6) is 0. The van der Waals surface area contributed by atoms with E-state index in [1.54, 1.807) is 0 Å². The second-order valence-corrected chi connectivity index (χ2v) is 5.09. The quantitative estimate of drug-likeness (QED) is 0.801. The predicted molar refractivity (Wildman–Crippen MR) is 91.5 cm³/mol. The van der Waals surface area contributed by atoms with Crippen molar-refractivity contribution in [2.24, 2.45) is 0 Å². The normalized spacial score (nSPS) is 10.1. The molecule has 2 rings (SSSR count). The number of aryl methyl sites for hydroxylation is 2. The molecule has 2 aromatic rings. The first-order valence-electron chi connectivity index (χ1n) is 6.97. The van der Waals surface area contributed by atoms with E-state index in [4.69, 9.17) is 12.2 Å². The monoisotopic (exact) mass is 284 g/mol. The van der Waals surface area contributed by atoms with Gasteiger partial charge in [0.15, 0.2) is 5.11 Å². The summed E-state index contributed by atoms with van der Waals surface area (Å²) in [6, 6.07) is 16.6. The Labute approximate surface area is 126 Å². The van der Waals surface area contributed by atoms with Gasteiger partial charge in [-0.25, -0.2) is 0 Å². The van der Waals surface area contributed by atoms with Crippen LogP contribution >= 0.6 is 12.2 Å². The van der Waals surface area contributed by atoms with Gasteiger partial charge in [0.1, 0.15) is 0 Å². The molecule has 0 saturated heterocycles. The Balaban J connectivity index is 1.97. The Kier molecular flexibility index (Phi) is 5.13. The van der Waals surface area contributed by atoms with Crippen molar-refractivity contribution < 1.29 is 0 Å². The molecule has 0 spiro atoms. The Morgan fingerprint density at radius 3 is 2.15 bits per heavy atom. The van der Waals surface area contributed by atoms with E-state index in [1.807, 2.05) is 12.1 Å². The van der Waals surface area contributed by atoms with Crippen LogP contribution in [0.4, 0.5) is 11.4 Å². The van der Waals surface area contributed by atoms with E-state index in [-0.39, 0.29) is 0 Å². The molecule has 104 valence electrons. The van der Waals surface area contributed by atoms with Gasteiger partial charge in [0.2, 0.25) is 0 Å². The second-order valence-electron chi connectivity index (χ2n) is 4.68. The lowest BCUT2D eigenvalue weighted by Gasteiger charge is -2.11. The van der Waals surface area contributed by atoms with Crippen molar-refractivity contribution in [2.75, 3.05) is 10.6 Å². The Bertz CT molecular complexity index is 576. The summed E-state index contributed by atoms with van der Waals surface area (Å²) in [6.45, 7) is 4.29. The van der Waals surface area contributed by atoms with E-state index in [1.165, 1.54) is 11.1 Å². The summed E-state index contributed by atoms with van der Waals surface area (Å²) in [5, 5.41) is 7.03. The molecule has 0 radical (unpaired) electrons. The highest BCUT2D eigenvalue weighted by Gasteiger charge is 2.00. The van der Waals surface area contributed by atoms with Crippen LogP contribution in [0.25, 0.3) is 0 Å². The van der Waals surface area contributed by atoms with Crippen molar-refractivity contribution in [1.82, 2.24) is 0 Å². The van der Waals surface area contributed by atoms with Crippen molar-refractivity contribution in [3.8, 4) is 0 Å². The van der Waals surface area contributed by atoms with Crippen LogP contribution in [0.15, 0.2) is 48.5 Å². The highest BCUT2D eigenvalue weighted by molar-refractivity contribution is 7.80. The summed E-state index contributed by atoms with van der Waals surface area (Å²) in [5.41, 5.74) is 4.65. The molecule has 2 aromatic carbocycles. The van der Waals surface area contributed by atoms with Gasteiger partial charge in [-0.05, 0) is 60.5 Å². The molecule has 0 saturated carbocycles. The molecule has 0 aliphatic carbocycles. The maximum atomic E-state index is 5.34. The summed E-state index contributed by atoms with van der Waals surface area (Å²) < 4.78 is 0. The fourth-order valence-electron chi connectivity index (χ4n) is 1.99. The highest BCUT2D eigenvalue weighted by Crippen LogP contribution is 2.13. The first kappa shape index (κ1) is 14.5. The fourth-order valence-corrected chi connectivity index (χ4v) is 2.22. The van der Waals surface area contributed by atoms with Crippen LogP contribution in [0.5, 0.6) is 0 Å². The molecule has 0 aromatic heterocycles. The zero-order chi connectivity index (χ0) is 14.4. The van der Waals surface area contributed by atoms with E-state index in [0.717, 1.165) is 24.2 Å². The number of hydrogen-bond donors (Lipinski definition) is 2. The molecule has 2 nitrogen and oxygen atoms in total. The summed E-state index contributed by atoms with van der Waals surface area (Å²) >= 11 is 5.34.